The molecule has 0 aliphatic carbocycles. The van der Waals surface area contributed by atoms with Crippen LogP contribution in [0.5, 0.6) is 0 Å². The second-order valence-corrected chi connectivity index (χ2v) is 7.33. The number of hydrogen-bond donors (Lipinski definition) is 0. The van der Waals surface area contributed by atoms with Gasteiger partial charge < -0.3 is 4.57 Å². The minimum absolute atomic E-state index is 0.624. The molecule has 0 saturated carbocycles. The van der Waals surface area contributed by atoms with Crippen molar-refractivity contribution in [2.75, 3.05) is 17.4 Å². The average Bonchev–Trinajstić information content (AvgIpc) is 2.99. The molecule has 21 heavy (non-hydrogen) atoms. The maximum atomic E-state index is 5.98. The molecule has 1 aliphatic heterocycles. The van der Waals surface area contributed by atoms with E-state index in [0.717, 1.165) is 42.3 Å². The van der Waals surface area contributed by atoms with Crippen LogP contribution in [0.4, 0.5) is 0 Å². The van der Waals surface area contributed by atoms with Gasteiger partial charge in [0.05, 0.1) is 5.69 Å². The Bertz CT molecular complexity index is 613. The molecule has 2 aromatic rings. The van der Waals surface area contributed by atoms with Gasteiger partial charge in [-0.15, -0.1) is 11.6 Å². The van der Waals surface area contributed by atoms with Crippen molar-refractivity contribution in [3.8, 4) is 0 Å². The fraction of sp³-hybridized carbons (Fsp3) is 0.733. The van der Waals surface area contributed by atoms with Gasteiger partial charge in [-0.1, -0.05) is 6.92 Å². The first kappa shape index (κ1) is 15.2. The molecular weight excluding hydrogens is 304 g/mol. The molecule has 3 heterocycles. The summed E-state index contributed by atoms with van der Waals surface area (Å²) in [5.74, 6) is 5.09. The van der Waals surface area contributed by atoms with Gasteiger partial charge in [0.15, 0.2) is 5.65 Å². The van der Waals surface area contributed by atoms with Gasteiger partial charge in [-0.05, 0) is 36.7 Å². The molecule has 6 heteroatoms. The molecule has 0 bridgehead atoms. The van der Waals surface area contributed by atoms with Gasteiger partial charge in [0.1, 0.15) is 11.3 Å². The first-order valence-corrected chi connectivity index (χ1v) is 9.48. The van der Waals surface area contributed by atoms with Crippen molar-refractivity contribution in [2.45, 2.75) is 39.2 Å². The van der Waals surface area contributed by atoms with Gasteiger partial charge >= 0.3 is 0 Å². The fourth-order valence-electron chi connectivity index (χ4n) is 3.18. The molecule has 0 spiro atoms. The predicted octanol–water partition coefficient (Wildman–Crippen LogP) is 3.26. The zero-order valence-electron chi connectivity index (χ0n) is 12.8. The van der Waals surface area contributed by atoms with Gasteiger partial charge in [-0.3, -0.25) is 4.68 Å². The lowest BCUT2D eigenvalue weighted by molar-refractivity contribution is 0.412. The Morgan fingerprint density at radius 2 is 2.10 bits per heavy atom. The van der Waals surface area contributed by atoms with Crippen molar-refractivity contribution < 1.29 is 0 Å². The zero-order valence-corrected chi connectivity index (χ0v) is 14.4. The average molecular weight is 327 g/mol. The van der Waals surface area contributed by atoms with Crippen LogP contribution in [0.2, 0.25) is 0 Å². The van der Waals surface area contributed by atoms with Crippen LogP contribution in [-0.4, -0.2) is 36.7 Å². The summed E-state index contributed by atoms with van der Waals surface area (Å²) < 4.78 is 4.38. The van der Waals surface area contributed by atoms with Gasteiger partial charge in [-0.25, -0.2) is 4.98 Å². The van der Waals surface area contributed by atoms with Crippen LogP contribution >= 0.6 is 23.4 Å². The van der Waals surface area contributed by atoms with E-state index in [-0.39, 0.29) is 0 Å². The number of fused-ring (bicyclic) bond motifs is 1. The fourth-order valence-corrected chi connectivity index (χ4v) is 4.55. The van der Waals surface area contributed by atoms with Crippen LogP contribution in [0.1, 0.15) is 31.3 Å². The van der Waals surface area contributed by atoms with Crippen molar-refractivity contribution in [1.29, 1.82) is 0 Å². The quantitative estimate of drug-likeness (QED) is 0.791. The van der Waals surface area contributed by atoms with Crippen LogP contribution in [0.25, 0.3) is 11.2 Å². The molecule has 1 fully saturated rings. The molecule has 116 valence electrons. The van der Waals surface area contributed by atoms with Crippen LogP contribution in [0, 0.1) is 5.92 Å². The summed E-state index contributed by atoms with van der Waals surface area (Å²) >= 11 is 8.06. The SMILES string of the molecule is CCc1nn(C)c2c1nc(CCCl)n2CC1CCSCC1. The smallest absolute Gasteiger partial charge is 0.158 e. The van der Waals surface area contributed by atoms with Crippen LogP contribution in [-0.2, 0) is 26.4 Å². The number of aromatic nitrogens is 4. The normalized spacial score (nSPS) is 16.9. The van der Waals surface area contributed by atoms with E-state index in [0.29, 0.717) is 5.88 Å². The van der Waals surface area contributed by atoms with Crippen molar-refractivity contribution in [1.82, 2.24) is 19.3 Å². The van der Waals surface area contributed by atoms with E-state index in [2.05, 4.69) is 28.4 Å². The topological polar surface area (TPSA) is 35.6 Å². The number of alkyl halides is 1. The highest BCUT2D eigenvalue weighted by molar-refractivity contribution is 7.99. The third-order valence-corrected chi connectivity index (χ3v) is 5.54. The summed E-state index contributed by atoms with van der Waals surface area (Å²) in [5.41, 5.74) is 3.34. The Morgan fingerprint density at radius 1 is 1.33 bits per heavy atom. The second kappa shape index (κ2) is 6.61. The summed E-state index contributed by atoms with van der Waals surface area (Å²) in [7, 11) is 2.03. The number of rotatable bonds is 5. The van der Waals surface area contributed by atoms with E-state index < -0.39 is 0 Å². The van der Waals surface area contributed by atoms with Crippen molar-refractivity contribution in [3.05, 3.63) is 11.5 Å². The molecule has 0 N–H and O–H groups in total. The first-order valence-electron chi connectivity index (χ1n) is 7.79. The summed E-state index contributed by atoms with van der Waals surface area (Å²) in [6, 6.07) is 0. The zero-order chi connectivity index (χ0) is 14.8. The maximum absolute atomic E-state index is 5.98. The van der Waals surface area contributed by atoms with Crippen molar-refractivity contribution in [3.63, 3.8) is 0 Å². The summed E-state index contributed by atoms with van der Waals surface area (Å²) in [4.78, 5) is 4.85. The number of nitrogens with zero attached hydrogens (tertiary/aromatic N) is 4. The number of halogens is 1. The number of hydrogen-bond acceptors (Lipinski definition) is 3. The highest BCUT2D eigenvalue weighted by atomic mass is 35.5. The van der Waals surface area contributed by atoms with E-state index in [1.54, 1.807) is 0 Å². The van der Waals surface area contributed by atoms with E-state index >= 15 is 0 Å². The minimum atomic E-state index is 0.624. The van der Waals surface area contributed by atoms with E-state index in [1.165, 1.54) is 30.0 Å². The first-order chi connectivity index (χ1) is 10.2. The van der Waals surface area contributed by atoms with Crippen LogP contribution < -0.4 is 0 Å². The molecular formula is C15H23ClN4S. The van der Waals surface area contributed by atoms with Gasteiger partial charge in [0.25, 0.3) is 0 Å². The second-order valence-electron chi connectivity index (χ2n) is 5.73. The van der Waals surface area contributed by atoms with E-state index in [9.17, 15) is 0 Å². The lowest BCUT2D eigenvalue weighted by atomic mass is 10.0. The summed E-state index contributed by atoms with van der Waals surface area (Å²) in [6.45, 7) is 3.20. The van der Waals surface area contributed by atoms with Crippen LogP contribution in [0.15, 0.2) is 0 Å². The molecule has 0 aromatic carbocycles. The largest absolute Gasteiger partial charge is 0.313 e. The Balaban J connectivity index is 2.00. The number of aryl methyl sites for hydroxylation is 3. The van der Waals surface area contributed by atoms with Gasteiger partial charge in [0.2, 0.25) is 0 Å². The summed E-state index contributed by atoms with van der Waals surface area (Å²) in [5, 5.41) is 4.62. The molecule has 0 radical (unpaired) electrons. The van der Waals surface area contributed by atoms with Gasteiger partial charge in [0, 0.05) is 25.9 Å². The molecule has 1 saturated heterocycles. The lowest BCUT2D eigenvalue weighted by Gasteiger charge is -2.23. The molecule has 1 aliphatic rings. The molecule has 3 rings (SSSR count). The Hall–Kier alpha value is -0.680. The Morgan fingerprint density at radius 3 is 2.76 bits per heavy atom. The Kier molecular flexibility index (Phi) is 4.79. The molecule has 0 unspecified atom stereocenters. The van der Waals surface area contributed by atoms with Gasteiger partial charge in [-0.2, -0.15) is 16.9 Å². The van der Waals surface area contributed by atoms with Crippen molar-refractivity contribution >= 4 is 34.5 Å². The standard InChI is InChI=1S/C15H23ClN4S/c1-3-12-14-15(19(2)18-12)20(13(17-14)4-7-16)10-11-5-8-21-9-6-11/h11H,3-10H2,1-2H3. The molecule has 2 aromatic heterocycles. The summed E-state index contributed by atoms with van der Waals surface area (Å²) in [6.07, 6.45) is 4.38. The minimum Gasteiger partial charge on any atom is -0.313 e. The molecule has 0 atom stereocenters. The molecule has 4 nitrogen and oxygen atoms in total. The third-order valence-electron chi connectivity index (χ3n) is 4.31. The lowest BCUT2D eigenvalue weighted by Crippen LogP contribution is -2.19. The third kappa shape index (κ3) is 2.95. The maximum Gasteiger partial charge on any atom is 0.158 e. The van der Waals surface area contributed by atoms with Crippen molar-refractivity contribution in [2.24, 2.45) is 13.0 Å². The van der Waals surface area contributed by atoms with E-state index in [4.69, 9.17) is 16.6 Å². The van der Waals surface area contributed by atoms with E-state index in [1.807, 2.05) is 11.7 Å². The van der Waals surface area contributed by atoms with Crippen LogP contribution in [0.3, 0.4) is 0 Å². The highest BCUT2D eigenvalue weighted by Gasteiger charge is 2.22. The molecule has 0 amide bonds. The highest BCUT2D eigenvalue weighted by Crippen LogP contribution is 2.27. The number of thioether (sulfide) groups is 1. The predicted molar refractivity (Wildman–Crippen MR) is 90.4 cm³/mol. The Labute approximate surface area is 135 Å². The number of imidazole rings is 1. The monoisotopic (exact) mass is 326 g/mol.